The lowest BCUT2D eigenvalue weighted by atomic mass is 10.2. The molecule has 0 spiro atoms. The van der Waals surface area contributed by atoms with Crippen LogP contribution in [0.15, 0.2) is 63.6 Å². The summed E-state index contributed by atoms with van der Waals surface area (Å²) < 4.78 is 47.6. The number of hydrogen-bond acceptors (Lipinski definition) is 4. The van der Waals surface area contributed by atoms with Gasteiger partial charge in [0.1, 0.15) is 7.36 Å². The monoisotopic (exact) mass is 449 g/mol. The van der Waals surface area contributed by atoms with Gasteiger partial charge in [-0.25, -0.2) is 9.34 Å². The molecule has 0 bridgehead atoms. The van der Waals surface area contributed by atoms with E-state index in [4.69, 9.17) is 13.6 Å². The average molecular weight is 450 g/mol. The lowest BCUT2D eigenvalue weighted by Gasteiger charge is -2.46. The number of rotatable bonds is 5. The summed E-state index contributed by atoms with van der Waals surface area (Å²) >= 11 is 0. The van der Waals surface area contributed by atoms with Crippen LogP contribution in [0.1, 0.15) is 5.56 Å². The van der Waals surface area contributed by atoms with Crippen LogP contribution in [-0.4, -0.2) is 70.4 Å². The number of ether oxygens (including phenoxy) is 2. The van der Waals surface area contributed by atoms with Crippen molar-refractivity contribution in [3.05, 3.63) is 60.2 Å². The number of morpholine rings is 2. The Balaban J connectivity index is 1.95. The first-order valence-electron chi connectivity index (χ1n) is 10.2. The summed E-state index contributed by atoms with van der Waals surface area (Å²) in [5.74, 6) is 0. The second-order valence-electron chi connectivity index (χ2n) is 7.41. The number of nitrogens with zero attached hydrogens (tertiary/aromatic N) is 3. The number of benzene rings is 2. The fourth-order valence-electron chi connectivity index (χ4n) is 3.86. The fourth-order valence-corrected chi connectivity index (χ4v) is 10.1. The molecule has 0 aromatic heterocycles. The van der Waals surface area contributed by atoms with Gasteiger partial charge in [-0.3, -0.25) is 0 Å². The Morgan fingerprint density at radius 3 is 1.80 bits per heavy atom. The zero-order chi connectivity index (χ0) is 21.0. The molecule has 2 saturated heterocycles. The lowest BCUT2D eigenvalue weighted by molar-refractivity contribution is 0.0579. The van der Waals surface area contributed by atoms with Gasteiger partial charge in [0, 0.05) is 31.5 Å². The van der Waals surface area contributed by atoms with Crippen molar-refractivity contribution in [2.24, 2.45) is 4.15 Å². The molecule has 0 amide bonds. The summed E-state index contributed by atoms with van der Waals surface area (Å²) in [7, 11) is -6.63. The Morgan fingerprint density at radius 1 is 0.800 bits per heavy atom. The van der Waals surface area contributed by atoms with Crippen LogP contribution >= 0.6 is 7.36 Å². The Kier molecular flexibility index (Phi) is 6.72. The summed E-state index contributed by atoms with van der Waals surface area (Å²) in [6.45, 7) is 6.80. The van der Waals surface area contributed by atoms with Crippen LogP contribution in [-0.2, 0) is 19.5 Å². The predicted octanol–water partition coefficient (Wildman–Crippen LogP) is 2.70. The van der Waals surface area contributed by atoms with Gasteiger partial charge in [0.25, 0.3) is 10.0 Å². The molecule has 2 fully saturated rings. The topological polar surface area (TPSA) is 71.4 Å². The Bertz CT molecular complexity index is 978. The highest BCUT2D eigenvalue weighted by molar-refractivity contribution is 7.94. The zero-order valence-corrected chi connectivity index (χ0v) is 18.9. The van der Waals surface area contributed by atoms with E-state index in [2.05, 4.69) is 9.34 Å². The van der Waals surface area contributed by atoms with Gasteiger partial charge in [0.2, 0.25) is 0 Å². The second-order valence-corrected chi connectivity index (χ2v) is 12.3. The van der Waals surface area contributed by atoms with Gasteiger partial charge in [-0.2, -0.15) is 8.42 Å². The van der Waals surface area contributed by atoms with Crippen LogP contribution in [0.25, 0.3) is 0 Å². The molecule has 2 aliphatic rings. The van der Waals surface area contributed by atoms with E-state index in [-0.39, 0.29) is 4.90 Å². The van der Waals surface area contributed by atoms with Gasteiger partial charge < -0.3 is 9.47 Å². The molecule has 2 aliphatic heterocycles. The molecule has 0 radical (unpaired) electrons. The van der Waals surface area contributed by atoms with E-state index < -0.39 is 17.4 Å². The second kappa shape index (κ2) is 9.30. The average Bonchev–Trinajstić information content (AvgIpc) is 2.79. The van der Waals surface area contributed by atoms with Crippen LogP contribution in [0.3, 0.4) is 0 Å². The zero-order valence-electron chi connectivity index (χ0n) is 17.2. The number of aryl methyl sites for hydroxylation is 1. The van der Waals surface area contributed by atoms with Gasteiger partial charge in [-0.1, -0.05) is 48.0 Å². The molecule has 162 valence electrons. The maximum atomic E-state index is 13.6. The highest BCUT2D eigenvalue weighted by Gasteiger charge is 2.40. The third kappa shape index (κ3) is 4.40. The molecule has 2 heterocycles. The van der Waals surface area contributed by atoms with E-state index in [0.29, 0.717) is 52.6 Å². The van der Waals surface area contributed by atoms with Crippen molar-refractivity contribution >= 4 is 22.7 Å². The molecule has 0 N–H and O–H groups in total. The van der Waals surface area contributed by atoms with E-state index in [1.54, 1.807) is 12.1 Å². The van der Waals surface area contributed by atoms with Crippen molar-refractivity contribution < 1.29 is 17.9 Å². The van der Waals surface area contributed by atoms with Crippen molar-refractivity contribution in [2.45, 2.75) is 11.8 Å². The first-order chi connectivity index (χ1) is 14.5. The quantitative estimate of drug-likeness (QED) is 0.654. The van der Waals surface area contributed by atoms with Crippen LogP contribution in [0.5, 0.6) is 0 Å². The van der Waals surface area contributed by atoms with Gasteiger partial charge >= 0.3 is 0 Å². The molecule has 2 aromatic rings. The molecule has 4 rings (SSSR count). The molecule has 0 atom stereocenters. The minimum atomic E-state index is -3.87. The van der Waals surface area contributed by atoms with Crippen LogP contribution in [0.4, 0.5) is 0 Å². The SMILES string of the molecule is Cc1ccc(S(=O)(=O)N=P(c2ccccc2)(N2CCOCC2)N2CCOCC2)cc1. The predicted molar refractivity (Wildman–Crippen MR) is 119 cm³/mol. The highest BCUT2D eigenvalue weighted by atomic mass is 32.2. The molecule has 0 saturated carbocycles. The first-order valence-corrected chi connectivity index (χ1v) is 13.3. The molecule has 0 unspecified atom stereocenters. The molecular weight excluding hydrogens is 421 g/mol. The minimum Gasteiger partial charge on any atom is -0.379 e. The van der Waals surface area contributed by atoms with Crippen LogP contribution in [0, 0.1) is 6.92 Å². The summed E-state index contributed by atoms with van der Waals surface area (Å²) in [6, 6.07) is 16.8. The Labute approximate surface area is 178 Å². The van der Waals surface area contributed by atoms with Crippen molar-refractivity contribution in [1.29, 1.82) is 0 Å². The van der Waals surface area contributed by atoms with Crippen molar-refractivity contribution in [1.82, 2.24) is 9.34 Å². The third-order valence-electron chi connectivity index (χ3n) is 5.41. The van der Waals surface area contributed by atoms with Gasteiger partial charge in [0.05, 0.1) is 31.3 Å². The van der Waals surface area contributed by atoms with E-state index in [9.17, 15) is 8.42 Å². The first kappa shape index (κ1) is 21.7. The molecular formula is C21H28N3O4PS. The fraction of sp³-hybridized carbons (Fsp3) is 0.429. The normalized spacial score (nSPS) is 19.5. The van der Waals surface area contributed by atoms with Gasteiger partial charge in [-0.05, 0) is 19.1 Å². The lowest BCUT2D eigenvalue weighted by Crippen LogP contribution is -2.46. The molecule has 2 aromatic carbocycles. The van der Waals surface area contributed by atoms with E-state index in [0.717, 1.165) is 10.9 Å². The molecule has 7 nitrogen and oxygen atoms in total. The summed E-state index contributed by atoms with van der Waals surface area (Å²) in [5, 5.41) is 0.949. The smallest absolute Gasteiger partial charge is 0.283 e. The summed E-state index contributed by atoms with van der Waals surface area (Å²) in [4.78, 5) is 0.231. The largest absolute Gasteiger partial charge is 0.379 e. The van der Waals surface area contributed by atoms with Gasteiger partial charge in [0.15, 0.2) is 0 Å². The third-order valence-corrected chi connectivity index (χ3v) is 11.4. The van der Waals surface area contributed by atoms with Crippen molar-refractivity contribution in [2.75, 3.05) is 52.6 Å². The maximum Gasteiger partial charge on any atom is 0.283 e. The molecule has 30 heavy (non-hydrogen) atoms. The van der Waals surface area contributed by atoms with Crippen LogP contribution in [0.2, 0.25) is 0 Å². The van der Waals surface area contributed by atoms with E-state index >= 15 is 0 Å². The van der Waals surface area contributed by atoms with E-state index in [1.807, 2.05) is 49.4 Å². The van der Waals surface area contributed by atoms with Crippen LogP contribution < -0.4 is 5.30 Å². The Morgan fingerprint density at radius 2 is 1.30 bits per heavy atom. The number of sulfonamides is 1. The van der Waals surface area contributed by atoms with Gasteiger partial charge in [-0.15, -0.1) is 4.15 Å². The van der Waals surface area contributed by atoms with E-state index in [1.165, 1.54) is 0 Å². The Hall–Kier alpha value is -1.54. The van der Waals surface area contributed by atoms with Crippen molar-refractivity contribution in [3.63, 3.8) is 0 Å². The maximum absolute atomic E-state index is 13.6. The number of hydrogen-bond donors (Lipinski definition) is 0. The standard InChI is InChI=1S/C21H28N3O4PS/c1-19-7-9-21(10-8-19)30(25,26)22-29(20-5-3-2-4-6-20,23-11-15-27-16-12-23)24-13-17-28-18-14-24/h2-10H,11-18H2,1H3. The van der Waals surface area contributed by atoms with Crippen molar-refractivity contribution in [3.8, 4) is 0 Å². The molecule has 9 heteroatoms. The summed E-state index contributed by atoms with van der Waals surface area (Å²) in [6.07, 6.45) is 0. The highest BCUT2D eigenvalue weighted by Crippen LogP contribution is 2.57. The minimum absolute atomic E-state index is 0.231. The molecule has 0 aliphatic carbocycles. The summed E-state index contributed by atoms with van der Waals surface area (Å²) in [5.41, 5.74) is 1.01.